The number of aryl methyl sites for hydroxylation is 1. The zero-order valence-electron chi connectivity index (χ0n) is 10.3. The molecule has 0 amide bonds. The van der Waals surface area contributed by atoms with Gasteiger partial charge in [-0.3, -0.25) is 0 Å². The second kappa shape index (κ2) is 4.22. The summed E-state index contributed by atoms with van der Waals surface area (Å²) in [6.07, 6.45) is 2.36. The lowest BCUT2D eigenvalue weighted by Gasteiger charge is -2.37. The molecule has 2 heterocycles. The van der Waals surface area contributed by atoms with E-state index >= 15 is 0 Å². The van der Waals surface area contributed by atoms with Crippen LogP contribution in [0.4, 0.5) is 5.69 Å². The molecule has 17 heavy (non-hydrogen) atoms. The number of hydrogen-bond acceptors (Lipinski definition) is 3. The molecule has 1 saturated heterocycles. The van der Waals surface area contributed by atoms with Gasteiger partial charge in [0.15, 0.2) is 0 Å². The third kappa shape index (κ3) is 2.12. The van der Waals surface area contributed by atoms with Crippen molar-refractivity contribution >= 4 is 5.69 Å². The van der Waals surface area contributed by atoms with Crippen LogP contribution < -0.4 is 10.1 Å². The Balaban J connectivity index is 1.74. The van der Waals surface area contributed by atoms with Crippen molar-refractivity contribution < 1.29 is 9.47 Å². The standard InChI is InChI=1S/C14H19NO2/c1-14(8-16-9-14)10-17-12-6-2-4-11-5-3-7-15-13(11)12/h2,4,6,15H,3,5,7-10H2,1H3. The molecule has 0 aromatic heterocycles. The van der Waals surface area contributed by atoms with E-state index in [-0.39, 0.29) is 5.41 Å². The topological polar surface area (TPSA) is 30.5 Å². The minimum Gasteiger partial charge on any atom is -0.491 e. The van der Waals surface area contributed by atoms with Gasteiger partial charge in [0.2, 0.25) is 0 Å². The summed E-state index contributed by atoms with van der Waals surface area (Å²) in [4.78, 5) is 0. The lowest BCUT2D eigenvalue weighted by molar-refractivity contribution is -0.120. The molecule has 3 heteroatoms. The van der Waals surface area contributed by atoms with Gasteiger partial charge in [-0.1, -0.05) is 19.1 Å². The molecule has 0 atom stereocenters. The third-order valence-electron chi connectivity index (χ3n) is 3.51. The van der Waals surface area contributed by atoms with E-state index in [2.05, 4.69) is 30.4 Å². The predicted molar refractivity (Wildman–Crippen MR) is 67.7 cm³/mol. The van der Waals surface area contributed by atoms with Crippen molar-refractivity contribution in [2.24, 2.45) is 5.41 Å². The fraction of sp³-hybridized carbons (Fsp3) is 0.571. The monoisotopic (exact) mass is 233 g/mol. The maximum atomic E-state index is 5.97. The zero-order chi connectivity index (χ0) is 11.7. The van der Waals surface area contributed by atoms with Gasteiger partial charge >= 0.3 is 0 Å². The van der Waals surface area contributed by atoms with Gasteiger partial charge in [-0.25, -0.2) is 0 Å². The van der Waals surface area contributed by atoms with Gasteiger partial charge in [0.1, 0.15) is 5.75 Å². The number of hydrogen-bond donors (Lipinski definition) is 1. The number of fused-ring (bicyclic) bond motifs is 1. The van der Waals surface area contributed by atoms with Gasteiger partial charge in [-0.15, -0.1) is 0 Å². The highest BCUT2D eigenvalue weighted by atomic mass is 16.5. The third-order valence-corrected chi connectivity index (χ3v) is 3.51. The molecule has 1 fully saturated rings. The van der Waals surface area contributed by atoms with Crippen LogP contribution in [-0.2, 0) is 11.2 Å². The molecule has 0 spiro atoms. The van der Waals surface area contributed by atoms with Crippen LogP contribution in [0.2, 0.25) is 0 Å². The van der Waals surface area contributed by atoms with Gasteiger partial charge in [-0.05, 0) is 24.5 Å². The molecule has 3 nitrogen and oxygen atoms in total. The molecule has 0 radical (unpaired) electrons. The summed E-state index contributed by atoms with van der Waals surface area (Å²) in [6.45, 7) is 5.63. The van der Waals surface area contributed by atoms with E-state index in [0.29, 0.717) is 0 Å². The average Bonchev–Trinajstić information content (AvgIpc) is 2.34. The number of benzene rings is 1. The lowest BCUT2D eigenvalue weighted by atomic mass is 9.90. The first-order valence-electron chi connectivity index (χ1n) is 6.33. The average molecular weight is 233 g/mol. The molecule has 1 N–H and O–H groups in total. The summed E-state index contributed by atoms with van der Waals surface area (Å²) in [5.74, 6) is 0.996. The van der Waals surface area contributed by atoms with E-state index in [9.17, 15) is 0 Å². The second-order valence-electron chi connectivity index (χ2n) is 5.41. The molecule has 3 rings (SSSR count). The Morgan fingerprint density at radius 2 is 2.29 bits per heavy atom. The maximum Gasteiger partial charge on any atom is 0.142 e. The largest absolute Gasteiger partial charge is 0.491 e. The Morgan fingerprint density at radius 3 is 3.06 bits per heavy atom. The Morgan fingerprint density at radius 1 is 1.41 bits per heavy atom. The Kier molecular flexibility index (Phi) is 2.71. The van der Waals surface area contributed by atoms with Gasteiger partial charge in [0.05, 0.1) is 25.5 Å². The van der Waals surface area contributed by atoms with Crippen molar-refractivity contribution in [3.05, 3.63) is 23.8 Å². The van der Waals surface area contributed by atoms with E-state index < -0.39 is 0 Å². The SMILES string of the molecule is CC1(COc2cccc3c2NCCC3)COC1. The Labute approximate surface area is 102 Å². The van der Waals surface area contributed by atoms with Crippen LogP contribution in [-0.4, -0.2) is 26.4 Å². The molecule has 92 valence electrons. The summed E-state index contributed by atoms with van der Waals surface area (Å²) in [5.41, 5.74) is 2.78. The minimum atomic E-state index is 0.206. The molecular weight excluding hydrogens is 214 g/mol. The second-order valence-corrected chi connectivity index (χ2v) is 5.41. The van der Waals surface area contributed by atoms with Crippen LogP contribution in [0.25, 0.3) is 0 Å². The molecule has 0 saturated carbocycles. The predicted octanol–water partition coefficient (Wildman–Crippen LogP) is 2.46. The van der Waals surface area contributed by atoms with Gasteiger partial charge in [0, 0.05) is 12.0 Å². The number of rotatable bonds is 3. The summed E-state index contributed by atoms with van der Waals surface area (Å²) < 4.78 is 11.2. The van der Waals surface area contributed by atoms with Gasteiger partial charge < -0.3 is 14.8 Å². The zero-order valence-corrected chi connectivity index (χ0v) is 10.3. The fourth-order valence-corrected chi connectivity index (χ4v) is 2.38. The number of ether oxygens (including phenoxy) is 2. The number of anilines is 1. The molecule has 2 aliphatic heterocycles. The van der Waals surface area contributed by atoms with E-state index in [1.54, 1.807) is 0 Å². The van der Waals surface area contributed by atoms with Crippen molar-refractivity contribution in [3.63, 3.8) is 0 Å². The molecule has 1 aromatic carbocycles. The highest BCUT2D eigenvalue weighted by molar-refractivity contribution is 5.63. The molecule has 1 aromatic rings. The quantitative estimate of drug-likeness (QED) is 0.870. The molecular formula is C14H19NO2. The van der Waals surface area contributed by atoms with E-state index in [1.165, 1.54) is 17.7 Å². The Hall–Kier alpha value is -1.22. The fourth-order valence-electron chi connectivity index (χ4n) is 2.38. The first-order chi connectivity index (χ1) is 8.27. The normalized spacial score (nSPS) is 21.0. The van der Waals surface area contributed by atoms with Crippen LogP contribution in [0.3, 0.4) is 0 Å². The molecule has 0 bridgehead atoms. The highest BCUT2D eigenvalue weighted by Crippen LogP contribution is 2.34. The Bertz CT molecular complexity index is 413. The number of nitrogens with one attached hydrogen (secondary N) is 1. The van der Waals surface area contributed by atoms with Crippen molar-refractivity contribution in [2.45, 2.75) is 19.8 Å². The van der Waals surface area contributed by atoms with Crippen LogP contribution >= 0.6 is 0 Å². The summed E-state index contributed by atoms with van der Waals surface area (Å²) in [6, 6.07) is 6.32. The van der Waals surface area contributed by atoms with Crippen LogP contribution in [0.1, 0.15) is 18.9 Å². The summed E-state index contributed by atoms with van der Waals surface area (Å²) >= 11 is 0. The van der Waals surface area contributed by atoms with Crippen molar-refractivity contribution in [3.8, 4) is 5.75 Å². The smallest absolute Gasteiger partial charge is 0.142 e. The summed E-state index contributed by atoms with van der Waals surface area (Å²) in [5, 5.41) is 3.45. The lowest BCUT2D eigenvalue weighted by Crippen LogP contribution is -2.44. The summed E-state index contributed by atoms with van der Waals surface area (Å²) in [7, 11) is 0. The van der Waals surface area contributed by atoms with E-state index in [1.807, 2.05) is 0 Å². The van der Waals surface area contributed by atoms with Crippen molar-refractivity contribution in [2.75, 3.05) is 31.7 Å². The van der Waals surface area contributed by atoms with Crippen LogP contribution in [0.5, 0.6) is 5.75 Å². The van der Waals surface area contributed by atoms with Crippen molar-refractivity contribution in [1.82, 2.24) is 0 Å². The molecule has 0 aliphatic carbocycles. The first kappa shape index (κ1) is 10.9. The van der Waals surface area contributed by atoms with Crippen LogP contribution in [0, 0.1) is 5.41 Å². The van der Waals surface area contributed by atoms with E-state index in [4.69, 9.17) is 9.47 Å². The van der Waals surface area contributed by atoms with Crippen molar-refractivity contribution in [1.29, 1.82) is 0 Å². The molecule has 0 unspecified atom stereocenters. The number of para-hydroxylation sites is 1. The first-order valence-corrected chi connectivity index (χ1v) is 6.33. The maximum absolute atomic E-state index is 5.97. The van der Waals surface area contributed by atoms with Gasteiger partial charge in [0.25, 0.3) is 0 Å². The van der Waals surface area contributed by atoms with Crippen LogP contribution in [0.15, 0.2) is 18.2 Å². The highest BCUT2D eigenvalue weighted by Gasteiger charge is 2.34. The molecule has 2 aliphatic rings. The minimum absolute atomic E-state index is 0.206. The van der Waals surface area contributed by atoms with Gasteiger partial charge in [-0.2, -0.15) is 0 Å². The van der Waals surface area contributed by atoms with E-state index in [0.717, 1.165) is 38.5 Å².